The third-order valence-electron chi connectivity index (χ3n) is 4.99. The molecule has 1 unspecified atom stereocenters. The Morgan fingerprint density at radius 2 is 1.53 bits per heavy atom. The third kappa shape index (κ3) is 5.89. The first-order chi connectivity index (χ1) is 16.3. The summed E-state index contributed by atoms with van der Waals surface area (Å²) in [4.78, 5) is 9.96. The fourth-order valence-electron chi connectivity index (χ4n) is 3.09. The highest BCUT2D eigenvalue weighted by Gasteiger charge is 2.13. The summed E-state index contributed by atoms with van der Waals surface area (Å²) in [5.41, 5.74) is 3.66. The number of sulfonamides is 1. The van der Waals surface area contributed by atoms with Crippen LogP contribution in [0, 0.1) is 6.92 Å². The molecule has 1 aromatic heterocycles. The molecule has 34 heavy (non-hydrogen) atoms. The third-order valence-corrected chi connectivity index (χ3v) is 8.49. The Morgan fingerprint density at radius 1 is 0.882 bits per heavy atom. The number of nitrogens with zero attached hydrogens (tertiary/aromatic N) is 3. The van der Waals surface area contributed by atoms with Crippen molar-refractivity contribution in [1.82, 2.24) is 9.97 Å². The van der Waals surface area contributed by atoms with Crippen molar-refractivity contribution < 1.29 is 8.42 Å². The highest BCUT2D eigenvalue weighted by atomic mass is 32.3. The van der Waals surface area contributed by atoms with Crippen LogP contribution >= 0.6 is 0 Å². The molecule has 0 spiro atoms. The smallest absolute Gasteiger partial charge is 0.288 e. The molecule has 2 N–H and O–H groups in total. The van der Waals surface area contributed by atoms with E-state index in [9.17, 15) is 8.42 Å². The monoisotopic (exact) mass is 489 g/mol. The second-order valence-electron chi connectivity index (χ2n) is 7.71. The van der Waals surface area contributed by atoms with Crippen molar-refractivity contribution in [2.24, 2.45) is 3.77 Å². The second-order valence-corrected chi connectivity index (χ2v) is 11.2. The van der Waals surface area contributed by atoms with Gasteiger partial charge in [0.25, 0.3) is 10.0 Å². The van der Waals surface area contributed by atoms with Gasteiger partial charge in [0.05, 0.1) is 4.90 Å². The average molecular weight is 489 g/mol. The molecule has 0 fully saturated rings. The van der Waals surface area contributed by atoms with Gasteiger partial charge in [0.1, 0.15) is 13.7 Å². The van der Waals surface area contributed by atoms with Gasteiger partial charge >= 0.3 is 0 Å². The van der Waals surface area contributed by atoms with Gasteiger partial charge in [-0.2, -0.15) is 13.4 Å². The van der Waals surface area contributed by atoms with Crippen LogP contribution < -0.4 is 16.1 Å². The molecule has 3 aromatic carbocycles. The van der Waals surface area contributed by atoms with Gasteiger partial charge < -0.3 is 10.6 Å². The molecular weight excluding hydrogens is 465 g/mol. The number of hydrogen-bond acceptors (Lipinski definition) is 6. The lowest BCUT2D eigenvalue weighted by molar-refractivity contribution is 0.598. The van der Waals surface area contributed by atoms with Gasteiger partial charge in [0, 0.05) is 22.5 Å². The molecule has 0 bridgehead atoms. The second kappa shape index (κ2) is 10.2. The summed E-state index contributed by atoms with van der Waals surface area (Å²) in [6.45, 7) is 1.91. The largest absolute Gasteiger partial charge is 0.341 e. The number of rotatable bonds is 7. The highest BCUT2D eigenvalue weighted by Crippen LogP contribution is 2.20. The van der Waals surface area contributed by atoms with Crippen molar-refractivity contribution in [3.05, 3.63) is 90.6 Å². The van der Waals surface area contributed by atoms with Crippen LogP contribution in [-0.2, 0) is 20.7 Å². The van der Waals surface area contributed by atoms with Gasteiger partial charge in [0.2, 0.25) is 5.95 Å². The minimum atomic E-state index is -3.72. The Morgan fingerprint density at radius 3 is 2.21 bits per heavy atom. The summed E-state index contributed by atoms with van der Waals surface area (Å²) in [5.74, 6) is 1.18. The summed E-state index contributed by atoms with van der Waals surface area (Å²) >= 11 is 0. The Kier molecular flexibility index (Phi) is 7.09. The van der Waals surface area contributed by atoms with Crippen molar-refractivity contribution in [2.45, 2.75) is 16.7 Å². The van der Waals surface area contributed by atoms with E-state index in [4.69, 9.17) is 0 Å². The molecule has 0 saturated carbocycles. The zero-order valence-electron chi connectivity index (χ0n) is 19.1. The van der Waals surface area contributed by atoms with Crippen LogP contribution in [0.4, 0.5) is 23.1 Å². The van der Waals surface area contributed by atoms with Crippen LogP contribution in [0.3, 0.4) is 0 Å². The standard InChI is InChI=1S/C24H24BN5O2S2/c1-17-8-14-21(15-9-17)34(31,32)30-33(2)20-12-10-19(11-13-20)28-24-26-16-22(25)23(29-24)27-18-6-4-3-5-7-18/h3-16H,25H2,1-2H3,(H2,26,27,28,29). The van der Waals surface area contributed by atoms with Gasteiger partial charge in [-0.15, -0.1) is 3.77 Å². The van der Waals surface area contributed by atoms with Crippen molar-refractivity contribution in [1.29, 1.82) is 0 Å². The number of anilines is 4. The van der Waals surface area contributed by atoms with E-state index in [1.54, 1.807) is 36.7 Å². The zero-order chi connectivity index (χ0) is 24.1. The quantitative estimate of drug-likeness (QED) is 0.385. The lowest BCUT2D eigenvalue weighted by atomic mass is 9.99. The maximum Gasteiger partial charge on any atom is 0.288 e. The summed E-state index contributed by atoms with van der Waals surface area (Å²) in [7, 11) is -2.60. The number of aryl methyl sites for hydroxylation is 1. The molecule has 0 aliphatic rings. The van der Waals surface area contributed by atoms with E-state index in [-0.39, 0.29) is 4.90 Å². The molecule has 0 saturated heterocycles. The lowest BCUT2D eigenvalue weighted by Gasteiger charge is -2.11. The van der Waals surface area contributed by atoms with Crippen LogP contribution in [0.1, 0.15) is 5.56 Å². The molecule has 0 amide bonds. The number of para-hydroxylation sites is 1. The van der Waals surface area contributed by atoms with Crippen LogP contribution in [-0.4, -0.2) is 32.5 Å². The molecule has 7 nitrogen and oxygen atoms in total. The van der Waals surface area contributed by atoms with Crippen molar-refractivity contribution in [3.8, 4) is 0 Å². The fraction of sp³-hybridized carbons (Fsp3) is 0.0833. The average Bonchev–Trinajstić information content (AvgIpc) is 2.82. The first-order valence-corrected chi connectivity index (χ1v) is 13.6. The minimum absolute atomic E-state index is 0.201. The molecule has 0 aliphatic carbocycles. The molecule has 172 valence electrons. The summed E-state index contributed by atoms with van der Waals surface area (Å²) in [5, 5.41) is 6.50. The first-order valence-electron chi connectivity index (χ1n) is 10.5. The highest BCUT2D eigenvalue weighted by molar-refractivity contribution is 7.99. The topological polar surface area (TPSA) is 96.3 Å². The SMILES string of the molecule is Bc1cnc(Nc2ccc(S(C)=NS(=O)(=O)c3ccc(C)cc3)cc2)nc1Nc1ccccc1. The Hall–Kier alpha value is -3.50. The molecule has 4 aromatic rings. The van der Waals surface area contributed by atoms with Crippen LogP contribution in [0.25, 0.3) is 0 Å². The van der Waals surface area contributed by atoms with Crippen molar-refractivity contribution in [2.75, 3.05) is 16.9 Å². The molecule has 10 heteroatoms. The van der Waals surface area contributed by atoms with Crippen LogP contribution in [0.15, 0.2) is 98.6 Å². The maximum atomic E-state index is 12.6. The van der Waals surface area contributed by atoms with E-state index < -0.39 is 20.7 Å². The minimum Gasteiger partial charge on any atom is -0.341 e. The predicted molar refractivity (Wildman–Crippen MR) is 142 cm³/mol. The van der Waals surface area contributed by atoms with Gasteiger partial charge in [-0.25, -0.2) is 4.98 Å². The maximum absolute atomic E-state index is 12.6. The summed E-state index contributed by atoms with van der Waals surface area (Å²) in [6.07, 6.45) is 3.55. The van der Waals surface area contributed by atoms with Gasteiger partial charge in [-0.3, -0.25) is 0 Å². The zero-order valence-corrected chi connectivity index (χ0v) is 20.7. The predicted octanol–water partition coefficient (Wildman–Crippen LogP) is 3.71. The van der Waals surface area contributed by atoms with Crippen LogP contribution in [0.2, 0.25) is 0 Å². The van der Waals surface area contributed by atoms with E-state index in [0.717, 1.165) is 33.1 Å². The van der Waals surface area contributed by atoms with Crippen molar-refractivity contribution >= 4 is 57.2 Å². The number of nitrogens with one attached hydrogen (secondary N) is 2. The fourth-order valence-corrected chi connectivity index (χ4v) is 5.97. The molecule has 0 radical (unpaired) electrons. The van der Waals surface area contributed by atoms with Gasteiger partial charge in [0.15, 0.2) is 0 Å². The Bertz CT molecular complexity index is 1430. The molecule has 0 aliphatic heterocycles. The lowest BCUT2D eigenvalue weighted by Crippen LogP contribution is -2.14. The Labute approximate surface area is 203 Å². The molecule has 4 rings (SSSR count). The van der Waals surface area contributed by atoms with E-state index in [1.807, 2.05) is 69.4 Å². The van der Waals surface area contributed by atoms with Crippen molar-refractivity contribution in [3.63, 3.8) is 0 Å². The molecule has 1 atom stereocenters. The summed E-state index contributed by atoms with van der Waals surface area (Å²) < 4.78 is 29.4. The van der Waals surface area contributed by atoms with Crippen LogP contribution in [0.5, 0.6) is 0 Å². The van der Waals surface area contributed by atoms with E-state index >= 15 is 0 Å². The van der Waals surface area contributed by atoms with Gasteiger partial charge in [-0.1, -0.05) is 46.6 Å². The summed E-state index contributed by atoms with van der Waals surface area (Å²) in [6, 6.07) is 24.0. The first kappa shape index (κ1) is 23.7. The Balaban J connectivity index is 1.49. The van der Waals surface area contributed by atoms with E-state index in [0.29, 0.717) is 5.95 Å². The van der Waals surface area contributed by atoms with E-state index in [2.05, 4.69) is 24.4 Å². The number of benzene rings is 3. The molecule has 1 heterocycles. The normalized spacial score (nSPS) is 12.3. The molecular formula is C24H24BN5O2S2. The number of aromatic nitrogens is 2. The van der Waals surface area contributed by atoms with Gasteiger partial charge in [-0.05, 0) is 67.2 Å². The van der Waals surface area contributed by atoms with E-state index in [1.165, 1.54) is 0 Å². The number of hydrogen-bond donors (Lipinski definition) is 2.